The molecule has 2 atom stereocenters. The SMILES string of the molecule is CC1(C(F)(C(F)(F)F)C(F)(F)F)C=CC=CC1N1C(=O)c2ccccc2C1=O. The number of carbonyl (C=O) groups is 2. The number of hydrogen-bond donors (Lipinski definition) is 0. The van der Waals surface area contributed by atoms with Gasteiger partial charge in [-0.2, -0.15) is 26.3 Å². The fraction of sp³-hybridized carbons (Fsp3) is 0.333. The third-order valence-electron chi connectivity index (χ3n) is 5.09. The molecule has 1 aliphatic carbocycles. The number of nitrogens with zero attached hydrogens (tertiary/aromatic N) is 1. The number of fused-ring (bicyclic) bond motifs is 1. The molecule has 1 aliphatic heterocycles. The van der Waals surface area contributed by atoms with E-state index < -0.39 is 41.3 Å². The summed E-state index contributed by atoms with van der Waals surface area (Å²) < 4.78 is 95.4. The van der Waals surface area contributed by atoms with E-state index in [9.17, 15) is 40.3 Å². The van der Waals surface area contributed by atoms with Crippen molar-refractivity contribution in [2.24, 2.45) is 5.41 Å². The van der Waals surface area contributed by atoms with E-state index in [-0.39, 0.29) is 16.0 Å². The van der Waals surface area contributed by atoms with Gasteiger partial charge in [-0.15, -0.1) is 0 Å². The first-order valence-electron chi connectivity index (χ1n) is 7.92. The molecule has 1 aromatic rings. The highest BCUT2D eigenvalue weighted by Gasteiger charge is 2.81. The number of halogens is 7. The zero-order chi connectivity index (χ0) is 21.1. The molecule has 2 unspecified atom stereocenters. The molecular weight excluding hydrogens is 395 g/mol. The van der Waals surface area contributed by atoms with E-state index in [2.05, 4.69) is 0 Å². The van der Waals surface area contributed by atoms with Gasteiger partial charge in [-0.3, -0.25) is 14.5 Å². The van der Waals surface area contributed by atoms with Crippen LogP contribution < -0.4 is 0 Å². The Bertz CT molecular complexity index is 851. The van der Waals surface area contributed by atoms with Crippen molar-refractivity contribution < 1.29 is 40.3 Å². The van der Waals surface area contributed by atoms with Crippen LogP contribution in [0.1, 0.15) is 27.6 Å². The van der Waals surface area contributed by atoms with Crippen molar-refractivity contribution in [1.29, 1.82) is 0 Å². The fourth-order valence-electron chi connectivity index (χ4n) is 3.63. The summed E-state index contributed by atoms with van der Waals surface area (Å²) in [6.45, 7) is 0.391. The second-order valence-electron chi connectivity index (χ2n) is 6.65. The summed E-state index contributed by atoms with van der Waals surface area (Å²) >= 11 is 0. The van der Waals surface area contributed by atoms with Gasteiger partial charge in [-0.25, -0.2) is 4.39 Å². The van der Waals surface area contributed by atoms with Crippen molar-refractivity contribution in [1.82, 2.24) is 4.90 Å². The molecule has 2 amide bonds. The van der Waals surface area contributed by atoms with Crippen LogP contribution in [0.2, 0.25) is 0 Å². The highest BCUT2D eigenvalue weighted by Crippen LogP contribution is 2.59. The Balaban J connectivity index is 2.19. The number of rotatable bonds is 2. The molecule has 2 aliphatic rings. The summed E-state index contributed by atoms with van der Waals surface area (Å²) in [6, 6.07) is 3.04. The predicted molar refractivity (Wildman–Crippen MR) is 83.1 cm³/mol. The van der Waals surface area contributed by atoms with Crippen LogP contribution in [0.5, 0.6) is 0 Å². The Labute approximate surface area is 154 Å². The van der Waals surface area contributed by atoms with Crippen molar-refractivity contribution in [3.8, 4) is 0 Å². The first-order valence-corrected chi connectivity index (χ1v) is 7.92. The average Bonchev–Trinajstić information content (AvgIpc) is 2.84. The van der Waals surface area contributed by atoms with Crippen molar-refractivity contribution in [3.63, 3.8) is 0 Å². The zero-order valence-electron chi connectivity index (χ0n) is 14.1. The van der Waals surface area contributed by atoms with Crippen LogP contribution in [-0.4, -0.2) is 40.8 Å². The number of amides is 2. The van der Waals surface area contributed by atoms with E-state index in [0.29, 0.717) is 13.0 Å². The van der Waals surface area contributed by atoms with Crippen LogP contribution in [0.4, 0.5) is 30.7 Å². The molecule has 0 saturated carbocycles. The third kappa shape index (κ3) is 2.43. The van der Waals surface area contributed by atoms with Crippen LogP contribution in [0.15, 0.2) is 48.6 Å². The number of alkyl halides is 7. The van der Waals surface area contributed by atoms with Gasteiger partial charge in [0.2, 0.25) is 0 Å². The number of hydrogen-bond acceptors (Lipinski definition) is 2. The third-order valence-corrected chi connectivity index (χ3v) is 5.09. The lowest BCUT2D eigenvalue weighted by Gasteiger charge is -2.48. The summed E-state index contributed by atoms with van der Waals surface area (Å²) in [6.07, 6.45) is -9.65. The van der Waals surface area contributed by atoms with Gasteiger partial charge >= 0.3 is 18.0 Å². The lowest BCUT2D eigenvalue weighted by atomic mass is 9.66. The highest BCUT2D eigenvalue weighted by atomic mass is 19.4. The maximum Gasteiger partial charge on any atom is 0.432 e. The summed E-state index contributed by atoms with van der Waals surface area (Å²) in [4.78, 5) is 25.4. The average molecular weight is 407 g/mol. The van der Waals surface area contributed by atoms with Gasteiger partial charge < -0.3 is 0 Å². The Morgan fingerprint density at radius 2 is 1.32 bits per heavy atom. The molecule has 10 heteroatoms. The number of imide groups is 1. The van der Waals surface area contributed by atoms with Gasteiger partial charge in [0.1, 0.15) is 0 Å². The van der Waals surface area contributed by atoms with Crippen molar-refractivity contribution in [3.05, 3.63) is 59.7 Å². The van der Waals surface area contributed by atoms with Gasteiger partial charge in [-0.05, 0) is 19.1 Å². The monoisotopic (exact) mass is 407 g/mol. The van der Waals surface area contributed by atoms with E-state index in [1.807, 2.05) is 0 Å². The van der Waals surface area contributed by atoms with Gasteiger partial charge in [-0.1, -0.05) is 36.4 Å². The van der Waals surface area contributed by atoms with Crippen LogP contribution in [0, 0.1) is 5.41 Å². The topological polar surface area (TPSA) is 37.4 Å². The Morgan fingerprint density at radius 1 is 0.857 bits per heavy atom. The van der Waals surface area contributed by atoms with E-state index in [4.69, 9.17) is 0 Å². The molecule has 0 N–H and O–H groups in total. The molecule has 3 rings (SSSR count). The minimum atomic E-state index is -6.35. The molecule has 150 valence electrons. The van der Waals surface area contributed by atoms with Crippen molar-refractivity contribution in [2.45, 2.75) is 31.0 Å². The molecule has 0 saturated heterocycles. The Kier molecular flexibility index (Phi) is 4.25. The van der Waals surface area contributed by atoms with Gasteiger partial charge in [0.25, 0.3) is 11.8 Å². The molecule has 0 aromatic heterocycles. The summed E-state index contributed by atoms with van der Waals surface area (Å²) in [7, 11) is 0. The van der Waals surface area contributed by atoms with Gasteiger partial charge in [0.15, 0.2) is 0 Å². The Hall–Kier alpha value is -2.65. The zero-order valence-corrected chi connectivity index (χ0v) is 14.1. The minimum absolute atomic E-state index is 0.179. The number of benzene rings is 1. The van der Waals surface area contributed by atoms with Crippen molar-refractivity contribution in [2.75, 3.05) is 0 Å². The molecular formula is C18H12F7NO2. The largest absolute Gasteiger partial charge is 0.432 e. The van der Waals surface area contributed by atoms with E-state index in [1.54, 1.807) is 0 Å². The molecule has 0 fully saturated rings. The van der Waals surface area contributed by atoms with Crippen molar-refractivity contribution >= 4 is 11.8 Å². The van der Waals surface area contributed by atoms with E-state index >= 15 is 0 Å². The number of carbonyl (C=O) groups excluding carboxylic acids is 2. The van der Waals surface area contributed by atoms with Gasteiger partial charge in [0.05, 0.1) is 22.6 Å². The molecule has 1 heterocycles. The van der Waals surface area contributed by atoms with Crippen LogP contribution in [0.3, 0.4) is 0 Å². The summed E-state index contributed by atoms with van der Waals surface area (Å²) in [5, 5.41) is 0. The van der Waals surface area contributed by atoms with Crippen LogP contribution in [-0.2, 0) is 0 Å². The maximum atomic E-state index is 15.0. The predicted octanol–water partition coefficient (Wildman–Crippen LogP) is 4.62. The lowest BCUT2D eigenvalue weighted by molar-refractivity contribution is -0.371. The van der Waals surface area contributed by atoms with Crippen LogP contribution >= 0.6 is 0 Å². The molecule has 0 spiro atoms. The lowest BCUT2D eigenvalue weighted by Crippen LogP contribution is -2.68. The Morgan fingerprint density at radius 3 is 1.75 bits per heavy atom. The standard InChI is InChI=1S/C18H12F7NO2/c1-15(16(19,17(20,21)22)18(23,24)25)9-5-4-8-12(15)26-13(27)10-6-2-3-7-11(10)14(26)28/h2-9,12H,1H3. The molecule has 0 radical (unpaired) electrons. The smallest absolute Gasteiger partial charge is 0.269 e. The first-order chi connectivity index (χ1) is 12.8. The summed E-state index contributed by atoms with van der Waals surface area (Å²) in [5.74, 6) is -2.19. The highest BCUT2D eigenvalue weighted by molar-refractivity contribution is 6.21. The summed E-state index contributed by atoms with van der Waals surface area (Å²) in [5.41, 5.74) is -9.41. The maximum absolute atomic E-state index is 15.0. The second-order valence-corrected chi connectivity index (χ2v) is 6.65. The van der Waals surface area contributed by atoms with E-state index in [1.165, 1.54) is 24.3 Å². The molecule has 0 bridgehead atoms. The second kappa shape index (κ2) is 5.92. The quantitative estimate of drug-likeness (QED) is 0.530. The molecule has 28 heavy (non-hydrogen) atoms. The molecule has 1 aromatic carbocycles. The fourth-order valence-corrected chi connectivity index (χ4v) is 3.63. The van der Waals surface area contributed by atoms with E-state index in [0.717, 1.165) is 18.2 Å². The normalized spacial score (nSPS) is 25.4. The van der Waals surface area contributed by atoms with Crippen LogP contribution in [0.25, 0.3) is 0 Å². The molecule has 3 nitrogen and oxygen atoms in total. The number of allylic oxidation sites excluding steroid dienone is 2. The first kappa shape index (κ1) is 20.1. The minimum Gasteiger partial charge on any atom is -0.269 e. The van der Waals surface area contributed by atoms with Gasteiger partial charge in [0, 0.05) is 0 Å².